The van der Waals surface area contributed by atoms with E-state index in [1.54, 1.807) is 6.08 Å². The van der Waals surface area contributed by atoms with Crippen molar-refractivity contribution in [3.8, 4) is 17.2 Å². The quantitative estimate of drug-likeness (QED) is 0.375. The van der Waals surface area contributed by atoms with E-state index in [4.69, 9.17) is 14.2 Å². The number of ether oxygens (including phenoxy) is 3. The summed E-state index contributed by atoms with van der Waals surface area (Å²) < 4.78 is 18.3. The molecular weight excluding hydrogens is 402 g/mol. The van der Waals surface area contributed by atoms with Crippen LogP contribution in [0, 0.1) is 0 Å². The van der Waals surface area contributed by atoms with Gasteiger partial charge < -0.3 is 19.1 Å². The van der Waals surface area contributed by atoms with Gasteiger partial charge in [-0.15, -0.1) is 0 Å². The molecule has 162 valence electrons. The van der Waals surface area contributed by atoms with Gasteiger partial charge in [0.15, 0.2) is 5.60 Å². The number of carbonyl (C=O) groups is 1. The number of nitrogens with zero attached hydrogens (tertiary/aromatic N) is 1. The van der Waals surface area contributed by atoms with Crippen molar-refractivity contribution in [3.05, 3.63) is 95.6 Å². The molecule has 1 unspecified atom stereocenters. The van der Waals surface area contributed by atoms with Crippen LogP contribution in [0.2, 0.25) is 0 Å². The molecule has 5 nitrogen and oxygen atoms in total. The topological polar surface area (TPSA) is 48.0 Å². The van der Waals surface area contributed by atoms with Crippen LogP contribution >= 0.6 is 0 Å². The molecular formula is C27H25NO4. The van der Waals surface area contributed by atoms with Gasteiger partial charge in [-0.1, -0.05) is 30.9 Å². The zero-order valence-corrected chi connectivity index (χ0v) is 18.3. The minimum atomic E-state index is -1.06. The SMILES string of the molecule is C=CCOc1ccc2c(c1)Oc1cc(N(CC)CC)ccc1C21OC(=O)c2ccccc21. The number of hydrogen-bond donors (Lipinski definition) is 0. The van der Waals surface area contributed by atoms with E-state index in [2.05, 4.69) is 31.4 Å². The van der Waals surface area contributed by atoms with Gasteiger partial charge in [0, 0.05) is 47.6 Å². The van der Waals surface area contributed by atoms with E-state index in [1.807, 2.05) is 54.6 Å². The molecule has 0 amide bonds. The largest absolute Gasteiger partial charge is 0.489 e. The first-order valence-electron chi connectivity index (χ1n) is 10.9. The molecule has 0 aliphatic carbocycles. The van der Waals surface area contributed by atoms with Crippen molar-refractivity contribution in [1.29, 1.82) is 0 Å². The lowest BCUT2D eigenvalue weighted by Gasteiger charge is -2.37. The van der Waals surface area contributed by atoms with Gasteiger partial charge in [0.05, 0.1) is 5.56 Å². The number of esters is 1. The first-order chi connectivity index (χ1) is 15.6. The Bertz CT molecular complexity index is 1210. The van der Waals surface area contributed by atoms with Crippen molar-refractivity contribution in [3.63, 3.8) is 0 Å². The molecule has 3 aromatic carbocycles. The minimum Gasteiger partial charge on any atom is -0.489 e. The Labute approximate surface area is 187 Å². The van der Waals surface area contributed by atoms with Gasteiger partial charge in [-0.05, 0) is 44.2 Å². The van der Waals surface area contributed by atoms with Crippen molar-refractivity contribution in [2.75, 3.05) is 24.6 Å². The Kier molecular flexibility index (Phi) is 4.89. The highest BCUT2D eigenvalue weighted by Crippen LogP contribution is 2.57. The van der Waals surface area contributed by atoms with Gasteiger partial charge in [-0.2, -0.15) is 0 Å². The van der Waals surface area contributed by atoms with E-state index in [-0.39, 0.29) is 5.97 Å². The van der Waals surface area contributed by atoms with Crippen LogP contribution in [0.3, 0.4) is 0 Å². The Balaban J connectivity index is 1.74. The molecule has 5 rings (SSSR count). The maximum atomic E-state index is 12.9. The first-order valence-corrected chi connectivity index (χ1v) is 10.9. The Morgan fingerprint density at radius 2 is 1.69 bits per heavy atom. The van der Waals surface area contributed by atoms with Gasteiger partial charge in [0.2, 0.25) is 0 Å². The lowest BCUT2D eigenvalue weighted by atomic mass is 9.77. The van der Waals surface area contributed by atoms with Crippen LogP contribution < -0.4 is 14.4 Å². The van der Waals surface area contributed by atoms with E-state index in [0.717, 1.165) is 35.5 Å². The highest BCUT2D eigenvalue weighted by molar-refractivity contribution is 5.97. The third-order valence-electron chi connectivity index (χ3n) is 6.17. The summed E-state index contributed by atoms with van der Waals surface area (Å²) in [5.41, 5.74) is 3.00. The summed E-state index contributed by atoms with van der Waals surface area (Å²) in [5.74, 6) is 1.62. The molecule has 2 heterocycles. The van der Waals surface area contributed by atoms with E-state index < -0.39 is 5.60 Å². The van der Waals surface area contributed by atoms with E-state index in [9.17, 15) is 4.79 Å². The summed E-state index contributed by atoms with van der Waals surface area (Å²) in [6.07, 6.45) is 1.70. The lowest BCUT2D eigenvalue weighted by Crippen LogP contribution is -2.33. The van der Waals surface area contributed by atoms with Crippen LogP contribution in [0.1, 0.15) is 40.9 Å². The van der Waals surface area contributed by atoms with Crippen LogP contribution in [-0.4, -0.2) is 25.7 Å². The number of benzene rings is 3. The summed E-state index contributed by atoms with van der Waals surface area (Å²) >= 11 is 0. The summed E-state index contributed by atoms with van der Waals surface area (Å²) in [7, 11) is 0. The average molecular weight is 428 g/mol. The molecule has 0 N–H and O–H groups in total. The fourth-order valence-corrected chi connectivity index (χ4v) is 4.68. The monoisotopic (exact) mass is 427 g/mol. The lowest BCUT2D eigenvalue weighted by molar-refractivity contribution is 0.0224. The molecule has 1 atom stereocenters. The van der Waals surface area contributed by atoms with Crippen LogP contribution in [-0.2, 0) is 10.3 Å². The van der Waals surface area contributed by atoms with Gasteiger partial charge in [0.1, 0.15) is 23.9 Å². The normalized spacial score (nSPS) is 17.6. The zero-order chi connectivity index (χ0) is 22.3. The van der Waals surface area contributed by atoms with E-state index in [1.165, 1.54) is 0 Å². The standard InChI is InChI=1S/C27H25NO4/c1-4-15-30-19-12-14-23-25(17-19)31-24-16-18(28(5-2)6-3)11-13-22(24)27(23)21-10-8-7-9-20(21)26(29)32-27/h4,7-14,16-17H,1,5-6,15H2,2-3H3. The summed E-state index contributed by atoms with van der Waals surface area (Å²) in [6, 6.07) is 19.3. The van der Waals surface area contributed by atoms with Crippen LogP contribution in [0.25, 0.3) is 0 Å². The van der Waals surface area contributed by atoms with Crippen molar-refractivity contribution < 1.29 is 19.0 Å². The maximum Gasteiger partial charge on any atom is 0.340 e. The predicted molar refractivity (Wildman–Crippen MR) is 124 cm³/mol. The van der Waals surface area contributed by atoms with Crippen molar-refractivity contribution in [1.82, 2.24) is 0 Å². The molecule has 2 aliphatic rings. The van der Waals surface area contributed by atoms with Crippen molar-refractivity contribution >= 4 is 11.7 Å². The fourth-order valence-electron chi connectivity index (χ4n) is 4.68. The van der Waals surface area contributed by atoms with Crippen molar-refractivity contribution in [2.24, 2.45) is 0 Å². The summed E-state index contributed by atoms with van der Waals surface area (Å²) in [5, 5.41) is 0. The molecule has 5 heteroatoms. The van der Waals surface area contributed by atoms with E-state index >= 15 is 0 Å². The first kappa shape index (κ1) is 20.2. The summed E-state index contributed by atoms with van der Waals surface area (Å²) in [4.78, 5) is 15.2. The number of carbonyl (C=O) groups excluding carboxylic acids is 1. The molecule has 0 saturated carbocycles. The molecule has 32 heavy (non-hydrogen) atoms. The molecule has 0 radical (unpaired) electrons. The Morgan fingerprint density at radius 3 is 2.44 bits per heavy atom. The molecule has 3 aromatic rings. The zero-order valence-electron chi connectivity index (χ0n) is 18.3. The third-order valence-corrected chi connectivity index (χ3v) is 6.17. The number of anilines is 1. The Hall–Kier alpha value is -3.73. The number of hydrogen-bond acceptors (Lipinski definition) is 5. The second kappa shape index (κ2) is 7.75. The van der Waals surface area contributed by atoms with Crippen LogP contribution in [0.5, 0.6) is 17.2 Å². The van der Waals surface area contributed by atoms with Gasteiger partial charge >= 0.3 is 5.97 Å². The Morgan fingerprint density at radius 1 is 0.969 bits per heavy atom. The van der Waals surface area contributed by atoms with Gasteiger partial charge in [-0.3, -0.25) is 0 Å². The van der Waals surface area contributed by atoms with Crippen LogP contribution in [0.4, 0.5) is 5.69 Å². The molecule has 0 saturated heterocycles. The summed E-state index contributed by atoms with van der Waals surface area (Å²) in [6.45, 7) is 10.1. The van der Waals surface area contributed by atoms with Gasteiger partial charge in [0.25, 0.3) is 0 Å². The number of fused-ring (bicyclic) bond motifs is 6. The molecule has 2 aliphatic heterocycles. The predicted octanol–water partition coefficient (Wildman–Crippen LogP) is 5.67. The highest BCUT2D eigenvalue weighted by Gasteiger charge is 2.53. The maximum absolute atomic E-state index is 12.9. The number of rotatable bonds is 6. The fraction of sp³-hybridized carbons (Fsp3) is 0.222. The van der Waals surface area contributed by atoms with E-state index in [0.29, 0.717) is 29.4 Å². The molecule has 0 aromatic heterocycles. The average Bonchev–Trinajstić information content (AvgIpc) is 3.11. The van der Waals surface area contributed by atoms with Gasteiger partial charge in [-0.25, -0.2) is 4.79 Å². The third kappa shape index (κ3) is 2.88. The molecule has 1 spiro atoms. The molecule has 0 bridgehead atoms. The second-order valence-electron chi connectivity index (χ2n) is 7.83. The second-order valence-corrected chi connectivity index (χ2v) is 7.83. The van der Waals surface area contributed by atoms with Crippen molar-refractivity contribution in [2.45, 2.75) is 19.4 Å². The van der Waals surface area contributed by atoms with Crippen LogP contribution in [0.15, 0.2) is 73.3 Å². The molecule has 0 fully saturated rings. The minimum absolute atomic E-state index is 0.334. The smallest absolute Gasteiger partial charge is 0.340 e. The highest BCUT2D eigenvalue weighted by atomic mass is 16.6.